The van der Waals surface area contributed by atoms with Crippen LogP contribution in [0.25, 0.3) is 10.9 Å². The number of hydrogen-bond donors (Lipinski definition) is 1. The maximum Gasteiger partial charge on any atom is 0.416 e. The van der Waals surface area contributed by atoms with Crippen molar-refractivity contribution in [3.63, 3.8) is 0 Å². The first kappa shape index (κ1) is 20.1. The highest BCUT2D eigenvalue weighted by atomic mass is 19.4. The fourth-order valence-corrected chi connectivity index (χ4v) is 4.89. The fourth-order valence-electron chi connectivity index (χ4n) is 4.89. The fraction of sp³-hybridized carbons (Fsp3) is 0.375. The molecular formula is C24H23F3N2O2. The van der Waals surface area contributed by atoms with E-state index in [2.05, 4.69) is 4.98 Å². The number of nitrogens with one attached hydrogen (secondary N) is 1. The lowest BCUT2D eigenvalue weighted by molar-refractivity contribution is -0.140. The van der Waals surface area contributed by atoms with Crippen LogP contribution < -0.4 is 0 Å². The number of ether oxygens (including phenoxy) is 1. The van der Waals surface area contributed by atoms with Gasteiger partial charge in [-0.1, -0.05) is 30.3 Å². The Kier molecular flexibility index (Phi) is 5.01. The zero-order valence-electron chi connectivity index (χ0n) is 16.9. The van der Waals surface area contributed by atoms with Crippen molar-refractivity contribution in [1.29, 1.82) is 0 Å². The second-order valence-corrected chi connectivity index (χ2v) is 8.26. The molecule has 2 aliphatic rings. The third-order valence-electron chi connectivity index (χ3n) is 6.42. The van der Waals surface area contributed by atoms with E-state index in [-0.39, 0.29) is 11.8 Å². The van der Waals surface area contributed by atoms with Gasteiger partial charge in [0.1, 0.15) is 0 Å². The molecule has 0 unspecified atom stereocenters. The van der Waals surface area contributed by atoms with E-state index in [4.69, 9.17) is 4.74 Å². The molecular weight excluding hydrogens is 405 g/mol. The van der Waals surface area contributed by atoms with Gasteiger partial charge in [-0.05, 0) is 48.6 Å². The Bertz CT molecular complexity index is 1120. The second-order valence-electron chi connectivity index (χ2n) is 8.26. The molecule has 1 N–H and O–H groups in total. The molecule has 3 aromatic rings. The van der Waals surface area contributed by atoms with Gasteiger partial charge in [0.25, 0.3) is 0 Å². The number of alkyl halides is 3. The van der Waals surface area contributed by atoms with E-state index in [0.717, 1.165) is 28.2 Å². The van der Waals surface area contributed by atoms with E-state index in [1.54, 1.807) is 11.0 Å². The summed E-state index contributed by atoms with van der Waals surface area (Å²) in [5, 5.41) is 1.06. The summed E-state index contributed by atoms with van der Waals surface area (Å²) in [5.74, 6) is -0.164. The lowest BCUT2D eigenvalue weighted by Gasteiger charge is -2.39. The molecule has 0 spiro atoms. The van der Waals surface area contributed by atoms with Gasteiger partial charge in [0.15, 0.2) is 0 Å². The van der Waals surface area contributed by atoms with Crippen molar-refractivity contribution in [3.8, 4) is 0 Å². The molecule has 0 radical (unpaired) electrons. The van der Waals surface area contributed by atoms with E-state index >= 15 is 0 Å². The molecule has 4 nitrogen and oxygen atoms in total. The molecule has 162 valence electrons. The van der Waals surface area contributed by atoms with E-state index in [0.29, 0.717) is 44.6 Å². The number of hydrogen-bond acceptors (Lipinski definition) is 2. The van der Waals surface area contributed by atoms with Crippen LogP contribution >= 0.6 is 0 Å². The van der Waals surface area contributed by atoms with Gasteiger partial charge >= 0.3 is 6.18 Å². The van der Waals surface area contributed by atoms with E-state index in [9.17, 15) is 18.0 Å². The first-order valence-electron chi connectivity index (χ1n) is 10.6. The Labute approximate surface area is 178 Å². The molecule has 31 heavy (non-hydrogen) atoms. The lowest BCUT2D eigenvalue weighted by atomic mass is 9.89. The van der Waals surface area contributed by atoms with Gasteiger partial charge in [0, 0.05) is 42.3 Å². The van der Waals surface area contributed by atoms with Crippen molar-refractivity contribution < 1.29 is 22.7 Å². The van der Waals surface area contributed by atoms with Crippen molar-refractivity contribution in [2.45, 2.75) is 31.5 Å². The van der Waals surface area contributed by atoms with Crippen LogP contribution in [0.1, 0.15) is 41.3 Å². The van der Waals surface area contributed by atoms with Crippen LogP contribution in [0.5, 0.6) is 0 Å². The van der Waals surface area contributed by atoms with Gasteiger partial charge in [-0.3, -0.25) is 4.79 Å². The molecule has 1 saturated heterocycles. The van der Waals surface area contributed by atoms with Gasteiger partial charge in [-0.15, -0.1) is 0 Å². The van der Waals surface area contributed by atoms with Crippen LogP contribution in [-0.4, -0.2) is 35.5 Å². The molecule has 1 fully saturated rings. The Balaban J connectivity index is 1.63. The van der Waals surface area contributed by atoms with Crippen LogP contribution in [0.2, 0.25) is 0 Å². The number of aromatic amines is 1. The van der Waals surface area contributed by atoms with E-state index < -0.39 is 17.8 Å². The normalized spacial score (nSPS) is 20.1. The molecule has 5 rings (SSSR count). The number of fused-ring (bicyclic) bond motifs is 3. The highest BCUT2D eigenvalue weighted by Crippen LogP contribution is 2.41. The summed E-state index contributed by atoms with van der Waals surface area (Å²) in [4.78, 5) is 18.7. The molecule has 3 heterocycles. The number of para-hydroxylation sites is 1. The predicted octanol–water partition coefficient (Wildman–Crippen LogP) is 5.09. The summed E-state index contributed by atoms with van der Waals surface area (Å²) in [5.41, 5.74) is 2.60. The van der Waals surface area contributed by atoms with Crippen LogP contribution in [0.3, 0.4) is 0 Å². The third-order valence-corrected chi connectivity index (χ3v) is 6.42. The van der Waals surface area contributed by atoms with E-state index in [1.807, 2.05) is 24.3 Å². The number of rotatable bonds is 2. The highest BCUT2D eigenvalue weighted by Gasteiger charge is 2.39. The number of H-pyrrole nitrogens is 1. The van der Waals surface area contributed by atoms with Crippen molar-refractivity contribution in [2.24, 2.45) is 5.92 Å². The number of carbonyl (C=O) groups is 1. The minimum absolute atomic E-state index is 0.00461. The van der Waals surface area contributed by atoms with Crippen LogP contribution in [-0.2, 0) is 22.1 Å². The average molecular weight is 428 g/mol. The number of amides is 1. The van der Waals surface area contributed by atoms with Crippen molar-refractivity contribution >= 4 is 16.8 Å². The number of halogens is 3. The monoisotopic (exact) mass is 428 g/mol. The van der Waals surface area contributed by atoms with Crippen molar-refractivity contribution in [2.75, 3.05) is 19.8 Å². The number of nitrogens with zero attached hydrogens (tertiary/aromatic N) is 1. The minimum Gasteiger partial charge on any atom is -0.381 e. The Morgan fingerprint density at radius 3 is 2.61 bits per heavy atom. The molecule has 2 aliphatic heterocycles. The van der Waals surface area contributed by atoms with Crippen molar-refractivity contribution in [3.05, 3.63) is 70.9 Å². The molecule has 0 aliphatic carbocycles. The zero-order valence-corrected chi connectivity index (χ0v) is 16.9. The third kappa shape index (κ3) is 3.61. The van der Waals surface area contributed by atoms with Gasteiger partial charge in [-0.2, -0.15) is 13.2 Å². The quantitative estimate of drug-likeness (QED) is 0.618. The van der Waals surface area contributed by atoms with Gasteiger partial charge in [-0.25, -0.2) is 0 Å². The lowest BCUT2D eigenvalue weighted by Crippen LogP contribution is -2.44. The Morgan fingerprint density at radius 1 is 1.06 bits per heavy atom. The van der Waals surface area contributed by atoms with E-state index in [1.165, 1.54) is 12.1 Å². The first-order valence-corrected chi connectivity index (χ1v) is 10.6. The Morgan fingerprint density at radius 2 is 1.84 bits per heavy atom. The molecule has 1 amide bonds. The standard InChI is InChI=1S/C24H23F3N2O2/c25-24(26,27)17-5-3-4-16(14-17)22-21-19(18-6-1-2-7-20(18)28-21)8-11-29(22)23(30)15-9-12-31-13-10-15/h1-7,14-15,22,28H,8-13H2/t22-/m0/s1. The van der Waals surface area contributed by atoms with Crippen LogP contribution in [0.15, 0.2) is 48.5 Å². The summed E-state index contributed by atoms with van der Waals surface area (Å²) in [6.45, 7) is 1.55. The zero-order chi connectivity index (χ0) is 21.6. The second kappa shape index (κ2) is 7.71. The van der Waals surface area contributed by atoms with Gasteiger partial charge in [0.2, 0.25) is 5.91 Å². The van der Waals surface area contributed by atoms with Crippen molar-refractivity contribution in [1.82, 2.24) is 9.88 Å². The Hall–Kier alpha value is -2.80. The molecule has 0 bridgehead atoms. The van der Waals surface area contributed by atoms with Gasteiger partial charge in [0.05, 0.1) is 11.6 Å². The number of carbonyl (C=O) groups excluding carboxylic acids is 1. The molecule has 2 aromatic carbocycles. The average Bonchev–Trinajstić information content (AvgIpc) is 3.17. The predicted molar refractivity (Wildman–Crippen MR) is 111 cm³/mol. The summed E-state index contributed by atoms with van der Waals surface area (Å²) >= 11 is 0. The summed E-state index contributed by atoms with van der Waals surface area (Å²) in [6.07, 6.45) is -2.48. The van der Waals surface area contributed by atoms with Gasteiger partial charge < -0.3 is 14.6 Å². The maximum absolute atomic E-state index is 13.5. The highest BCUT2D eigenvalue weighted by molar-refractivity contribution is 5.87. The maximum atomic E-state index is 13.5. The number of aromatic nitrogens is 1. The first-order chi connectivity index (χ1) is 14.9. The number of benzene rings is 2. The molecule has 1 aromatic heterocycles. The summed E-state index contributed by atoms with van der Waals surface area (Å²) < 4.78 is 45.7. The molecule has 1 atom stereocenters. The smallest absolute Gasteiger partial charge is 0.381 e. The largest absolute Gasteiger partial charge is 0.416 e. The topological polar surface area (TPSA) is 45.3 Å². The van der Waals surface area contributed by atoms with Crippen LogP contribution in [0.4, 0.5) is 13.2 Å². The molecule has 0 saturated carbocycles. The van der Waals surface area contributed by atoms with Crippen LogP contribution in [0, 0.1) is 5.92 Å². The summed E-state index contributed by atoms with van der Waals surface area (Å²) in [7, 11) is 0. The summed E-state index contributed by atoms with van der Waals surface area (Å²) in [6, 6.07) is 12.6. The SMILES string of the molecule is O=C(C1CCOCC1)N1CCc2c([nH]c3ccccc23)[C@@H]1c1cccc(C(F)(F)F)c1. The minimum atomic E-state index is -4.44. The molecule has 7 heteroatoms.